The fourth-order valence-corrected chi connectivity index (χ4v) is 3.17. The third-order valence-corrected chi connectivity index (χ3v) is 4.78. The van der Waals surface area contributed by atoms with Gasteiger partial charge in [0.15, 0.2) is 6.29 Å². The molecule has 1 aromatic heterocycles. The van der Waals surface area contributed by atoms with Crippen LogP contribution in [0.25, 0.3) is 0 Å². The number of nitrogens with zero attached hydrogens (tertiary/aromatic N) is 1. The van der Waals surface area contributed by atoms with Crippen LogP contribution in [0.15, 0.2) is 30.5 Å². The molecular formula is C21H23ClF3NO5. The molecule has 0 amide bonds. The summed E-state index contributed by atoms with van der Waals surface area (Å²) < 4.78 is 65.9. The second-order valence-electron chi connectivity index (χ2n) is 6.78. The average Bonchev–Trinajstić information content (AvgIpc) is 3.24. The lowest BCUT2D eigenvalue weighted by Gasteiger charge is -2.15. The number of aryl methyl sites for hydroxylation is 1. The fraction of sp³-hybridized carbons (Fsp3) is 0.476. The topological polar surface area (TPSA) is 59.0 Å². The van der Waals surface area contributed by atoms with Crippen LogP contribution >= 0.6 is 11.6 Å². The third-order valence-electron chi connectivity index (χ3n) is 4.51. The Balaban J connectivity index is 1.76. The summed E-state index contributed by atoms with van der Waals surface area (Å²) in [5.74, 6) is 0.811. The fourth-order valence-electron chi connectivity index (χ4n) is 2.96. The van der Waals surface area contributed by atoms with Crippen molar-refractivity contribution in [3.05, 3.63) is 46.6 Å². The summed E-state index contributed by atoms with van der Waals surface area (Å²) in [5, 5.41) is -0.237. The van der Waals surface area contributed by atoms with Gasteiger partial charge in [-0.15, -0.1) is 0 Å². The minimum absolute atomic E-state index is 0.118. The van der Waals surface area contributed by atoms with Crippen molar-refractivity contribution in [2.45, 2.75) is 31.7 Å². The first-order chi connectivity index (χ1) is 14.9. The highest BCUT2D eigenvalue weighted by molar-refractivity contribution is 6.31. The Morgan fingerprint density at radius 3 is 2.61 bits per heavy atom. The Kier molecular flexibility index (Phi) is 8.36. The van der Waals surface area contributed by atoms with Crippen molar-refractivity contribution in [1.82, 2.24) is 4.98 Å². The average molecular weight is 462 g/mol. The number of halogens is 4. The van der Waals surface area contributed by atoms with Crippen molar-refractivity contribution in [3.8, 4) is 17.4 Å². The van der Waals surface area contributed by atoms with Crippen LogP contribution in [0.5, 0.6) is 17.4 Å². The maximum atomic E-state index is 12.9. The van der Waals surface area contributed by atoms with Gasteiger partial charge in [0, 0.05) is 19.4 Å². The highest BCUT2D eigenvalue weighted by Crippen LogP contribution is 2.36. The molecule has 6 nitrogen and oxygen atoms in total. The predicted molar refractivity (Wildman–Crippen MR) is 107 cm³/mol. The minimum Gasteiger partial charge on any atom is -0.491 e. The van der Waals surface area contributed by atoms with E-state index in [4.69, 9.17) is 35.3 Å². The molecule has 2 heterocycles. The van der Waals surface area contributed by atoms with Gasteiger partial charge in [-0.3, -0.25) is 0 Å². The molecule has 1 saturated heterocycles. The van der Waals surface area contributed by atoms with Gasteiger partial charge in [0.2, 0.25) is 5.88 Å². The van der Waals surface area contributed by atoms with E-state index in [-0.39, 0.29) is 17.2 Å². The van der Waals surface area contributed by atoms with Crippen LogP contribution in [0, 0.1) is 0 Å². The van der Waals surface area contributed by atoms with E-state index in [2.05, 4.69) is 4.98 Å². The van der Waals surface area contributed by atoms with E-state index in [1.54, 1.807) is 19.2 Å². The quantitative estimate of drug-likeness (QED) is 0.449. The third kappa shape index (κ3) is 6.96. The zero-order valence-electron chi connectivity index (χ0n) is 16.9. The molecule has 0 spiro atoms. The van der Waals surface area contributed by atoms with Crippen LogP contribution in [0.1, 0.15) is 24.0 Å². The second kappa shape index (κ2) is 11.0. The largest absolute Gasteiger partial charge is 0.491 e. The molecule has 0 aliphatic carbocycles. The molecule has 1 aromatic carbocycles. The van der Waals surface area contributed by atoms with Gasteiger partial charge in [0.1, 0.15) is 23.1 Å². The molecule has 10 heteroatoms. The summed E-state index contributed by atoms with van der Waals surface area (Å²) in [7, 11) is 1.57. The van der Waals surface area contributed by atoms with E-state index in [0.717, 1.165) is 18.1 Å². The van der Waals surface area contributed by atoms with E-state index in [1.165, 1.54) is 0 Å². The second-order valence-corrected chi connectivity index (χ2v) is 7.19. The standard InChI is InChI=1S/C21H23ClF3NO5/c1-27-7-8-28-16-6-5-14(3-2-4-19-29-9-10-30-19)18(12-16)31-20-17(22)11-15(13-26-20)21(23,24)25/h5-6,11-13,19H,2-4,7-10H2,1H3. The number of benzene rings is 1. The van der Waals surface area contributed by atoms with E-state index < -0.39 is 11.7 Å². The Labute approximate surface area is 183 Å². The van der Waals surface area contributed by atoms with Crippen LogP contribution in [0.3, 0.4) is 0 Å². The van der Waals surface area contributed by atoms with Crippen LogP contribution < -0.4 is 9.47 Å². The van der Waals surface area contributed by atoms with E-state index in [1.807, 2.05) is 6.07 Å². The SMILES string of the molecule is COCCOc1ccc(CCCC2OCCO2)c(Oc2ncc(C(F)(F)F)cc2Cl)c1. The van der Waals surface area contributed by atoms with Crippen molar-refractivity contribution in [2.75, 3.05) is 33.5 Å². The number of methoxy groups -OCH3 is 1. The van der Waals surface area contributed by atoms with Gasteiger partial charge in [-0.2, -0.15) is 13.2 Å². The number of ether oxygens (including phenoxy) is 5. The highest BCUT2D eigenvalue weighted by Gasteiger charge is 2.32. The first-order valence-corrected chi connectivity index (χ1v) is 10.1. The van der Waals surface area contributed by atoms with Gasteiger partial charge in [0.05, 0.1) is 25.4 Å². The normalized spacial score (nSPS) is 14.7. The number of hydrogen-bond donors (Lipinski definition) is 0. The van der Waals surface area contributed by atoms with E-state index in [9.17, 15) is 13.2 Å². The molecule has 0 saturated carbocycles. The number of hydrogen-bond acceptors (Lipinski definition) is 6. The summed E-state index contributed by atoms with van der Waals surface area (Å²) in [6.07, 6.45) is -1.96. The predicted octanol–water partition coefficient (Wildman–Crippen LogP) is 5.27. The number of alkyl halides is 3. The van der Waals surface area contributed by atoms with Crippen molar-refractivity contribution in [2.24, 2.45) is 0 Å². The smallest absolute Gasteiger partial charge is 0.417 e. The molecule has 31 heavy (non-hydrogen) atoms. The van der Waals surface area contributed by atoms with Crippen molar-refractivity contribution in [3.63, 3.8) is 0 Å². The first-order valence-electron chi connectivity index (χ1n) is 9.75. The lowest BCUT2D eigenvalue weighted by atomic mass is 10.1. The van der Waals surface area contributed by atoms with E-state index >= 15 is 0 Å². The van der Waals surface area contributed by atoms with Crippen molar-refractivity contribution >= 4 is 11.6 Å². The lowest BCUT2D eigenvalue weighted by Crippen LogP contribution is -2.08. The lowest BCUT2D eigenvalue weighted by molar-refractivity contribution is -0.137. The molecule has 0 N–H and O–H groups in total. The Bertz CT molecular complexity index is 859. The van der Waals surface area contributed by atoms with Crippen LogP contribution in [-0.4, -0.2) is 44.8 Å². The van der Waals surface area contributed by atoms with Gasteiger partial charge in [-0.05, 0) is 37.0 Å². The summed E-state index contributed by atoms with van der Waals surface area (Å²) in [6, 6.07) is 6.08. The maximum Gasteiger partial charge on any atom is 0.417 e. The number of rotatable bonds is 10. The monoisotopic (exact) mass is 461 g/mol. The maximum absolute atomic E-state index is 12.9. The molecule has 2 aromatic rings. The summed E-state index contributed by atoms with van der Waals surface area (Å²) in [5.41, 5.74) is -0.117. The molecular weight excluding hydrogens is 439 g/mol. The van der Waals surface area contributed by atoms with Crippen LogP contribution in [-0.2, 0) is 26.8 Å². The van der Waals surface area contributed by atoms with Gasteiger partial charge in [-0.25, -0.2) is 4.98 Å². The van der Waals surface area contributed by atoms with E-state index in [0.29, 0.717) is 57.0 Å². The molecule has 170 valence electrons. The molecule has 1 aliphatic heterocycles. The Morgan fingerprint density at radius 1 is 1.16 bits per heavy atom. The zero-order valence-corrected chi connectivity index (χ0v) is 17.7. The van der Waals surface area contributed by atoms with Crippen molar-refractivity contribution < 1.29 is 36.9 Å². The van der Waals surface area contributed by atoms with Crippen molar-refractivity contribution in [1.29, 1.82) is 0 Å². The van der Waals surface area contributed by atoms with Crippen LogP contribution in [0.2, 0.25) is 5.02 Å². The molecule has 1 aliphatic rings. The summed E-state index contributed by atoms with van der Waals surface area (Å²) in [4.78, 5) is 3.75. The van der Waals surface area contributed by atoms with Gasteiger partial charge in [0.25, 0.3) is 0 Å². The van der Waals surface area contributed by atoms with Gasteiger partial charge < -0.3 is 23.7 Å². The van der Waals surface area contributed by atoms with Gasteiger partial charge >= 0.3 is 6.18 Å². The number of pyridine rings is 1. The Hall–Kier alpha value is -2.07. The summed E-state index contributed by atoms with van der Waals surface area (Å²) >= 11 is 6.00. The minimum atomic E-state index is -4.54. The molecule has 1 fully saturated rings. The number of aromatic nitrogens is 1. The first kappa shape index (κ1) is 23.6. The molecule has 0 unspecified atom stereocenters. The molecule has 3 rings (SSSR count). The zero-order chi connectivity index (χ0) is 22.3. The Morgan fingerprint density at radius 2 is 1.94 bits per heavy atom. The molecule has 0 bridgehead atoms. The molecule has 0 radical (unpaired) electrons. The highest BCUT2D eigenvalue weighted by atomic mass is 35.5. The van der Waals surface area contributed by atoms with Crippen LogP contribution in [0.4, 0.5) is 13.2 Å². The van der Waals surface area contributed by atoms with Gasteiger partial charge in [-0.1, -0.05) is 17.7 Å². The molecule has 0 atom stereocenters. The summed E-state index contributed by atoms with van der Waals surface area (Å²) in [6.45, 7) is 1.92.